The lowest BCUT2D eigenvalue weighted by Crippen LogP contribution is -2.30. The Kier molecular flexibility index (Phi) is 4.19. The summed E-state index contributed by atoms with van der Waals surface area (Å²) in [5, 5.41) is 12.9. The van der Waals surface area contributed by atoms with Gasteiger partial charge in [-0.25, -0.2) is 13.5 Å². The number of amides is 1. The molecular weight excluding hydrogens is 244 g/mol. The second kappa shape index (κ2) is 5.85. The highest BCUT2D eigenvalue weighted by Crippen LogP contribution is 2.16. The van der Waals surface area contributed by atoms with Crippen LogP contribution in [-0.4, -0.2) is 47.0 Å². The first-order valence-corrected chi connectivity index (χ1v) is 5.85. The van der Waals surface area contributed by atoms with Crippen molar-refractivity contribution < 1.29 is 13.6 Å². The Bertz CT molecular complexity index is 403. The quantitative estimate of drug-likeness (QED) is 0.810. The summed E-state index contributed by atoms with van der Waals surface area (Å²) in [6.45, 7) is 1.13. The third-order valence-electron chi connectivity index (χ3n) is 2.84. The number of halogens is 2. The molecule has 0 bridgehead atoms. The van der Waals surface area contributed by atoms with Crippen LogP contribution in [-0.2, 0) is 0 Å². The van der Waals surface area contributed by atoms with Crippen molar-refractivity contribution in [3.8, 4) is 0 Å². The minimum atomic E-state index is -2.56. The van der Waals surface area contributed by atoms with Gasteiger partial charge in [0.05, 0.1) is 18.8 Å². The zero-order valence-corrected chi connectivity index (χ0v) is 9.77. The van der Waals surface area contributed by atoms with Crippen molar-refractivity contribution in [3.63, 3.8) is 0 Å². The van der Waals surface area contributed by atoms with E-state index in [2.05, 4.69) is 20.9 Å². The molecule has 1 fully saturated rings. The predicted molar refractivity (Wildman–Crippen MR) is 59.5 cm³/mol. The smallest absolute Gasteiger partial charge is 0.273 e. The number of carbonyl (C=O) groups excluding carboxylic acids is 1. The number of carbonyl (C=O) groups is 1. The topological polar surface area (TPSA) is 71.8 Å². The normalized spacial score (nSPS) is 17.1. The van der Waals surface area contributed by atoms with Crippen molar-refractivity contribution in [1.82, 2.24) is 25.6 Å². The van der Waals surface area contributed by atoms with E-state index in [0.29, 0.717) is 0 Å². The first-order chi connectivity index (χ1) is 8.66. The predicted octanol–water partition coefficient (Wildman–Crippen LogP) is 0.197. The Morgan fingerprint density at radius 1 is 1.56 bits per heavy atom. The third-order valence-corrected chi connectivity index (χ3v) is 2.84. The Hall–Kier alpha value is -1.57. The number of nitrogens with one attached hydrogen (secondary N) is 2. The number of nitrogens with zero attached hydrogens (tertiary/aromatic N) is 3. The van der Waals surface area contributed by atoms with E-state index >= 15 is 0 Å². The van der Waals surface area contributed by atoms with Crippen LogP contribution in [0, 0.1) is 0 Å². The molecule has 0 atom stereocenters. The molecule has 0 saturated carbocycles. The monoisotopic (exact) mass is 259 g/mol. The van der Waals surface area contributed by atoms with Gasteiger partial charge in [0.2, 0.25) is 0 Å². The van der Waals surface area contributed by atoms with E-state index in [1.165, 1.54) is 6.20 Å². The van der Waals surface area contributed by atoms with Gasteiger partial charge in [-0.2, -0.15) is 0 Å². The van der Waals surface area contributed by atoms with E-state index in [4.69, 9.17) is 0 Å². The molecule has 1 saturated heterocycles. The molecule has 100 valence electrons. The van der Waals surface area contributed by atoms with Gasteiger partial charge >= 0.3 is 0 Å². The highest BCUT2D eigenvalue weighted by molar-refractivity contribution is 5.91. The van der Waals surface area contributed by atoms with Crippen LogP contribution >= 0.6 is 0 Å². The van der Waals surface area contributed by atoms with Crippen molar-refractivity contribution in [2.45, 2.75) is 25.3 Å². The molecule has 2 heterocycles. The van der Waals surface area contributed by atoms with E-state index in [1.807, 2.05) is 0 Å². The minimum Gasteiger partial charge on any atom is -0.345 e. The summed E-state index contributed by atoms with van der Waals surface area (Å²) in [7, 11) is 0. The average molecular weight is 259 g/mol. The first kappa shape index (κ1) is 12.9. The van der Waals surface area contributed by atoms with Gasteiger partial charge in [-0.3, -0.25) is 4.79 Å². The summed E-state index contributed by atoms with van der Waals surface area (Å²) in [5.41, 5.74) is 0.0779. The molecule has 1 aromatic heterocycles. The molecule has 0 spiro atoms. The molecule has 0 aromatic carbocycles. The Balaban J connectivity index is 1.94. The van der Waals surface area contributed by atoms with Crippen LogP contribution in [0.4, 0.5) is 8.78 Å². The second-order valence-electron chi connectivity index (χ2n) is 4.17. The zero-order valence-electron chi connectivity index (χ0n) is 9.77. The van der Waals surface area contributed by atoms with E-state index in [9.17, 15) is 13.6 Å². The van der Waals surface area contributed by atoms with Crippen molar-refractivity contribution in [1.29, 1.82) is 0 Å². The van der Waals surface area contributed by atoms with Gasteiger partial charge in [0, 0.05) is 0 Å². The van der Waals surface area contributed by atoms with Crippen molar-refractivity contribution in [2.24, 2.45) is 0 Å². The van der Waals surface area contributed by atoms with Crippen LogP contribution in [0.3, 0.4) is 0 Å². The van der Waals surface area contributed by atoms with Crippen molar-refractivity contribution >= 4 is 5.91 Å². The van der Waals surface area contributed by atoms with Crippen LogP contribution in [0.25, 0.3) is 0 Å². The number of rotatable bonds is 4. The van der Waals surface area contributed by atoms with Crippen LogP contribution in [0.5, 0.6) is 0 Å². The van der Waals surface area contributed by atoms with Gasteiger partial charge in [0.25, 0.3) is 12.3 Å². The molecule has 1 aliphatic rings. The maximum Gasteiger partial charge on any atom is 0.273 e. The Morgan fingerprint density at radius 2 is 2.28 bits per heavy atom. The molecule has 1 aromatic rings. The second-order valence-corrected chi connectivity index (χ2v) is 4.17. The molecule has 2 N–H and O–H groups in total. The van der Waals surface area contributed by atoms with Crippen molar-refractivity contribution in [3.05, 3.63) is 11.9 Å². The summed E-state index contributed by atoms with van der Waals surface area (Å²) in [6.07, 6.45) is 0.785. The largest absolute Gasteiger partial charge is 0.345 e. The summed E-state index contributed by atoms with van der Waals surface area (Å²) < 4.78 is 25.5. The van der Waals surface area contributed by atoms with Gasteiger partial charge in [-0.1, -0.05) is 5.21 Å². The maximum absolute atomic E-state index is 11.9. The molecule has 0 unspecified atom stereocenters. The molecular formula is C10H15F2N5O. The average Bonchev–Trinajstić information content (AvgIpc) is 2.86. The minimum absolute atomic E-state index is 0.0779. The van der Waals surface area contributed by atoms with E-state index < -0.39 is 18.9 Å². The fourth-order valence-corrected chi connectivity index (χ4v) is 1.89. The van der Waals surface area contributed by atoms with Crippen LogP contribution < -0.4 is 10.6 Å². The molecule has 8 heteroatoms. The third kappa shape index (κ3) is 3.22. The van der Waals surface area contributed by atoms with Gasteiger partial charge in [-0.15, -0.1) is 5.10 Å². The Labute approximate surface area is 103 Å². The molecule has 0 radical (unpaired) electrons. The maximum atomic E-state index is 11.9. The van der Waals surface area contributed by atoms with Crippen LogP contribution in [0.1, 0.15) is 29.4 Å². The molecule has 18 heavy (non-hydrogen) atoms. The molecule has 2 rings (SSSR count). The SMILES string of the molecule is O=C(NCC(F)F)c1cn(C2CCNCC2)nn1. The van der Waals surface area contributed by atoms with E-state index in [-0.39, 0.29) is 11.7 Å². The van der Waals surface area contributed by atoms with Crippen LogP contribution in [0.2, 0.25) is 0 Å². The number of alkyl halides is 2. The van der Waals surface area contributed by atoms with Gasteiger partial charge in [0.15, 0.2) is 5.69 Å². The highest BCUT2D eigenvalue weighted by Gasteiger charge is 2.19. The first-order valence-electron chi connectivity index (χ1n) is 5.85. The lowest BCUT2D eigenvalue weighted by Gasteiger charge is -2.22. The molecule has 6 nitrogen and oxygen atoms in total. The molecule has 1 aliphatic heterocycles. The van der Waals surface area contributed by atoms with E-state index in [1.54, 1.807) is 4.68 Å². The number of hydrogen-bond donors (Lipinski definition) is 2. The summed E-state index contributed by atoms with van der Waals surface area (Å²) >= 11 is 0. The molecule has 0 aliphatic carbocycles. The standard InChI is InChI=1S/C10H15F2N5O/c11-9(12)5-14-10(18)8-6-17(16-15-8)7-1-3-13-4-2-7/h6-7,9,13H,1-5H2,(H,14,18). The fraction of sp³-hybridized carbons (Fsp3) is 0.700. The zero-order chi connectivity index (χ0) is 13.0. The fourth-order valence-electron chi connectivity index (χ4n) is 1.89. The van der Waals surface area contributed by atoms with E-state index in [0.717, 1.165) is 25.9 Å². The Morgan fingerprint density at radius 3 is 2.94 bits per heavy atom. The molecule has 1 amide bonds. The van der Waals surface area contributed by atoms with Gasteiger partial charge in [-0.05, 0) is 25.9 Å². The summed E-state index contributed by atoms with van der Waals surface area (Å²) in [4.78, 5) is 11.5. The summed E-state index contributed by atoms with van der Waals surface area (Å²) in [5.74, 6) is -0.615. The summed E-state index contributed by atoms with van der Waals surface area (Å²) in [6, 6.07) is 0.218. The lowest BCUT2D eigenvalue weighted by atomic mass is 10.1. The highest BCUT2D eigenvalue weighted by atomic mass is 19.3. The van der Waals surface area contributed by atoms with Crippen molar-refractivity contribution in [2.75, 3.05) is 19.6 Å². The number of aromatic nitrogens is 3. The number of piperidine rings is 1. The van der Waals surface area contributed by atoms with Gasteiger partial charge in [0.1, 0.15) is 0 Å². The lowest BCUT2D eigenvalue weighted by molar-refractivity contribution is 0.0887. The number of hydrogen-bond acceptors (Lipinski definition) is 4. The van der Waals surface area contributed by atoms with Crippen LogP contribution in [0.15, 0.2) is 6.20 Å². The van der Waals surface area contributed by atoms with Gasteiger partial charge < -0.3 is 10.6 Å².